The summed E-state index contributed by atoms with van der Waals surface area (Å²) < 4.78 is 10.8. The van der Waals surface area contributed by atoms with Gasteiger partial charge >= 0.3 is 0 Å². The Hall–Kier alpha value is -4.13. The fraction of sp³-hybridized carbons (Fsp3) is 0.160. The van der Waals surface area contributed by atoms with Crippen molar-refractivity contribution in [2.75, 3.05) is 6.79 Å². The predicted octanol–water partition coefficient (Wildman–Crippen LogP) is 3.97. The summed E-state index contributed by atoms with van der Waals surface area (Å²) in [6.07, 6.45) is 5.56. The minimum Gasteiger partial charge on any atom is -0.454 e. The molecule has 0 atom stereocenters. The second kappa shape index (κ2) is 8.93. The molecule has 0 fully saturated rings. The van der Waals surface area contributed by atoms with Gasteiger partial charge in [-0.15, -0.1) is 0 Å². The van der Waals surface area contributed by atoms with Crippen LogP contribution in [0.25, 0.3) is 11.3 Å². The summed E-state index contributed by atoms with van der Waals surface area (Å²) >= 11 is 0. The second-order valence-electron chi connectivity index (χ2n) is 7.61. The fourth-order valence-corrected chi connectivity index (χ4v) is 3.77. The van der Waals surface area contributed by atoms with Crippen molar-refractivity contribution in [3.05, 3.63) is 95.9 Å². The van der Waals surface area contributed by atoms with Crippen LogP contribution in [0.5, 0.6) is 11.5 Å². The normalized spacial score (nSPS) is 12.0. The van der Waals surface area contributed by atoms with Crippen molar-refractivity contribution in [1.29, 1.82) is 0 Å². The lowest BCUT2D eigenvalue weighted by molar-refractivity contribution is -0.131. The predicted molar refractivity (Wildman–Crippen MR) is 119 cm³/mol. The zero-order chi connectivity index (χ0) is 21.8. The molecule has 3 heterocycles. The zero-order valence-electron chi connectivity index (χ0n) is 17.4. The number of rotatable bonds is 7. The average molecular weight is 426 g/mol. The molecule has 2 aromatic heterocycles. The Labute approximate surface area is 185 Å². The van der Waals surface area contributed by atoms with Crippen LogP contribution in [0.1, 0.15) is 16.7 Å². The van der Waals surface area contributed by atoms with Crippen LogP contribution in [0.2, 0.25) is 0 Å². The van der Waals surface area contributed by atoms with E-state index in [2.05, 4.69) is 15.2 Å². The van der Waals surface area contributed by atoms with Gasteiger partial charge in [-0.05, 0) is 34.9 Å². The van der Waals surface area contributed by atoms with Gasteiger partial charge in [0.1, 0.15) is 0 Å². The van der Waals surface area contributed by atoms with Gasteiger partial charge in [0.25, 0.3) is 0 Å². The highest BCUT2D eigenvalue weighted by molar-refractivity contribution is 5.79. The van der Waals surface area contributed by atoms with E-state index in [0.29, 0.717) is 24.6 Å². The average Bonchev–Trinajstić information content (AvgIpc) is 3.49. The van der Waals surface area contributed by atoms with E-state index in [4.69, 9.17) is 9.47 Å². The third kappa shape index (κ3) is 4.32. The monoisotopic (exact) mass is 426 g/mol. The van der Waals surface area contributed by atoms with E-state index < -0.39 is 0 Å². The number of nitrogens with zero attached hydrogens (tertiary/aromatic N) is 3. The molecule has 0 bridgehead atoms. The van der Waals surface area contributed by atoms with Crippen LogP contribution in [-0.2, 0) is 24.3 Å². The van der Waals surface area contributed by atoms with Crippen molar-refractivity contribution in [3.8, 4) is 22.8 Å². The number of nitrogens with one attached hydrogen (secondary N) is 1. The number of aromatic amines is 1. The van der Waals surface area contributed by atoms with Crippen molar-refractivity contribution in [3.63, 3.8) is 0 Å². The number of amides is 1. The van der Waals surface area contributed by atoms with E-state index in [9.17, 15) is 4.79 Å². The quantitative estimate of drug-likeness (QED) is 0.484. The number of hydrogen-bond acceptors (Lipinski definition) is 5. The van der Waals surface area contributed by atoms with Crippen molar-refractivity contribution in [2.45, 2.75) is 19.5 Å². The minimum atomic E-state index is 0.00734. The summed E-state index contributed by atoms with van der Waals surface area (Å²) in [5, 5.41) is 7.31. The van der Waals surface area contributed by atoms with Gasteiger partial charge in [-0.1, -0.05) is 42.5 Å². The third-order valence-corrected chi connectivity index (χ3v) is 5.38. The smallest absolute Gasteiger partial charge is 0.231 e. The van der Waals surface area contributed by atoms with Gasteiger partial charge in [-0.3, -0.25) is 14.9 Å². The van der Waals surface area contributed by atoms with E-state index in [1.54, 1.807) is 18.6 Å². The molecule has 0 aliphatic carbocycles. The number of aromatic nitrogens is 3. The lowest BCUT2D eigenvalue weighted by atomic mass is 10.1. The first-order valence-corrected chi connectivity index (χ1v) is 10.4. The van der Waals surface area contributed by atoms with Crippen LogP contribution in [0.3, 0.4) is 0 Å². The Morgan fingerprint density at radius 1 is 0.938 bits per heavy atom. The molecule has 2 aromatic carbocycles. The molecule has 1 N–H and O–H groups in total. The van der Waals surface area contributed by atoms with Gasteiger partial charge in [0.05, 0.1) is 18.3 Å². The molecular weight excluding hydrogens is 404 g/mol. The second-order valence-corrected chi connectivity index (χ2v) is 7.61. The summed E-state index contributed by atoms with van der Waals surface area (Å²) in [7, 11) is 0. The fourth-order valence-electron chi connectivity index (χ4n) is 3.77. The van der Waals surface area contributed by atoms with Gasteiger partial charge in [-0.2, -0.15) is 5.10 Å². The highest BCUT2D eigenvalue weighted by atomic mass is 16.7. The number of H-pyrrole nitrogens is 1. The molecule has 1 aliphatic heterocycles. The molecule has 7 heteroatoms. The number of fused-ring (bicyclic) bond motifs is 1. The van der Waals surface area contributed by atoms with Crippen LogP contribution in [0.15, 0.2) is 79.3 Å². The van der Waals surface area contributed by atoms with E-state index in [0.717, 1.165) is 27.9 Å². The van der Waals surface area contributed by atoms with Crippen LogP contribution in [0.4, 0.5) is 0 Å². The van der Waals surface area contributed by atoms with Crippen molar-refractivity contribution in [1.82, 2.24) is 20.1 Å². The molecule has 0 saturated carbocycles. The van der Waals surface area contributed by atoms with Gasteiger partial charge in [0, 0.05) is 31.0 Å². The van der Waals surface area contributed by atoms with E-state index in [1.807, 2.05) is 65.6 Å². The first-order chi connectivity index (χ1) is 15.8. The molecular formula is C25H22N4O3. The van der Waals surface area contributed by atoms with Crippen LogP contribution in [-0.4, -0.2) is 32.8 Å². The Kier molecular flexibility index (Phi) is 5.53. The molecule has 32 heavy (non-hydrogen) atoms. The molecule has 160 valence electrons. The first-order valence-electron chi connectivity index (χ1n) is 10.4. The molecule has 7 nitrogen and oxygen atoms in total. The van der Waals surface area contributed by atoms with Crippen molar-refractivity contribution >= 4 is 5.91 Å². The van der Waals surface area contributed by atoms with E-state index in [1.165, 1.54) is 0 Å². The van der Waals surface area contributed by atoms with Crippen molar-refractivity contribution in [2.24, 2.45) is 0 Å². The van der Waals surface area contributed by atoms with Gasteiger partial charge in [0.15, 0.2) is 11.5 Å². The Balaban J connectivity index is 1.40. The summed E-state index contributed by atoms with van der Waals surface area (Å²) in [5.41, 5.74) is 4.75. The molecule has 1 aliphatic rings. The third-order valence-electron chi connectivity index (χ3n) is 5.38. The number of ether oxygens (including phenoxy) is 2. The molecule has 1 amide bonds. The van der Waals surface area contributed by atoms with Gasteiger partial charge in [0.2, 0.25) is 12.7 Å². The largest absolute Gasteiger partial charge is 0.454 e. The summed E-state index contributed by atoms with van der Waals surface area (Å²) in [6.45, 7) is 1.10. The number of carbonyl (C=O) groups is 1. The summed E-state index contributed by atoms with van der Waals surface area (Å²) in [6, 6.07) is 19.5. The van der Waals surface area contributed by atoms with Crippen LogP contribution < -0.4 is 9.47 Å². The molecule has 5 rings (SSSR count). The number of hydrogen-bond donors (Lipinski definition) is 1. The first kappa shape index (κ1) is 19.8. The lowest BCUT2D eigenvalue weighted by Crippen LogP contribution is -2.31. The van der Waals surface area contributed by atoms with Gasteiger partial charge in [-0.25, -0.2) is 0 Å². The Morgan fingerprint density at radius 2 is 1.81 bits per heavy atom. The Bertz CT molecular complexity index is 1210. The van der Waals surface area contributed by atoms with E-state index >= 15 is 0 Å². The number of pyridine rings is 1. The zero-order valence-corrected chi connectivity index (χ0v) is 17.4. The highest BCUT2D eigenvalue weighted by Gasteiger charge is 2.20. The minimum absolute atomic E-state index is 0.00734. The summed E-state index contributed by atoms with van der Waals surface area (Å²) in [5.74, 6) is 1.39. The molecule has 0 spiro atoms. The standard InChI is InChI=1S/C25H22N4O3/c30-24(12-18-8-9-22-23(11-18)32-17-31-22)29(15-19-5-4-10-26-13-19)16-21-14-27-28-25(21)20-6-2-1-3-7-20/h1-11,13-14H,12,15-17H2,(H,27,28). The SMILES string of the molecule is O=C(Cc1ccc2c(c1)OCO2)N(Cc1cccnc1)Cc1cn[nH]c1-c1ccccc1. The topological polar surface area (TPSA) is 80.3 Å². The van der Waals surface area contributed by atoms with Gasteiger partial charge < -0.3 is 14.4 Å². The lowest BCUT2D eigenvalue weighted by Gasteiger charge is -2.23. The number of benzene rings is 2. The van der Waals surface area contributed by atoms with Crippen molar-refractivity contribution < 1.29 is 14.3 Å². The molecule has 4 aromatic rings. The maximum Gasteiger partial charge on any atom is 0.231 e. The Morgan fingerprint density at radius 3 is 2.66 bits per heavy atom. The maximum atomic E-state index is 13.4. The van der Waals surface area contributed by atoms with Crippen LogP contribution >= 0.6 is 0 Å². The number of carbonyl (C=O) groups excluding carboxylic acids is 1. The van der Waals surface area contributed by atoms with Crippen LogP contribution in [0, 0.1) is 0 Å². The summed E-state index contributed by atoms with van der Waals surface area (Å²) in [4.78, 5) is 19.4. The highest BCUT2D eigenvalue weighted by Crippen LogP contribution is 2.33. The maximum absolute atomic E-state index is 13.4. The molecule has 0 unspecified atom stereocenters. The van der Waals surface area contributed by atoms with E-state index in [-0.39, 0.29) is 19.1 Å². The molecule has 0 radical (unpaired) electrons. The molecule has 0 saturated heterocycles.